The van der Waals surface area contributed by atoms with E-state index < -0.39 is 128 Å². The molecule has 0 bridgehead atoms. The number of rotatable bonds is 22. The SMILES string of the molecule is CCCCCCCCCCCCC/C=C/C(=O)N[C@@H]1[C@H](O[C@@H]2O[C@H](CO)[C@H](O)[C@H](O)[C@@H]2NC(C)=O)O[C@H](C[C@H](O)[C@@H]2O[C@H](n3ccc(=O)[nH]c3=O)[C@H](O)[C@@H]2O)[C@H](O)[C@@H]1O. The number of allylic oxidation sites excluding steroid dienone is 1. The second-order valence-corrected chi connectivity index (χ2v) is 15.6. The summed E-state index contributed by atoms with van der Waals surface area (Å²) in [7, 11) is 0. The van der Waals surface area contributed by atoms with E-state index in [-0.39, 0.29) is 0 Å². The molecule has 20 nitrogen and oxygen atoms in total. The lowest BCUT2D eigenvalue weighted by molar-refractivity contribution is -0.346. The molecule has 0 radical (unpaired) electrons. The number of amides is 2. The van der Waals surface area contributed by atoms with Crippen LogP contribution < -0.4 is 21.9 Å². The number of unbranched alkanes of at least 4 members (excludes halogenated alkanes) is 11. The van der Waals surface area contributed by atoms with Crippen molar-refractivity contribution >= 4 is 11.8 Å². The fourth-order valence-electron chi connectivity index (χ4n) is 7.68. The van der Waals surface area contributed by atoms with Crippen molar-refractivity contribution in [2.24, 2.45) is 0 Å². The first kappa shape index (κ1) is 48.5. The Bertz CT molecular complexity index is 1590. The van der Waals surface area contributed by atoms with Crippen LogP contribution in [0.3, 0.4) is 0 Å². The number of aromatic amines is 1. The van der Waals surface area contributed by atoms with E-state index >= 15 is 0 Å². The summed E-state index contributed by atoms with van der Waals surface area (Å²) >= 11 is 0. The van der Waals surface area contributed by atoms with E-state index in [2.05, 4.69) is 17.6 Å². The molecule has 0 aromatic carbocycles. The summed E-state index contributed by atoms with van der Waals surface area (Å²) in [6.07, 6.45) is -5.00. The van der Waals surface area contributed by atoms with Crippen molar-refractivity contribution in [1.82, 2.24) is 20.2 Å². The van der Waals surface area contributed by atoms with Gasteiger partial charge >= 0.3 is 5.69 Å². The average Bonchev–Trinajstić information content (AvgIpc) is 3.49. The monoisotopic (exact) mass is 844 g/mol. The zero-order chi connectivity index (χ0) is 43.2. The minimum absolute atomic E-state index is 0.597. The molecule has 3 aliphatic heterocycles. The minimum atomic E-state index is -1.85. The van der Waals surface area contributed by atoms with Gasteiger partial charge in [-0.1, -0.05) is 77.2 Å². The van der Waals surface area contributed by atoms with Crippen LogP contribution >= 0.6 is 0 Å². The molecule has 20 heteroatoms. The van der Waals surface area contributed by atoms with Crippen LogP contribution in [0.5, 0.6) is 0 Å². The van der Waals surface area contributed by atoms with Gasteiger partial charge in [-0.15, -0.1) is 0 Å². The van der Waals surface area contributed by atoms with Gasteiger partial charge < -0.3 is 70.4 Å². The molecule has 1 aromatic rings. The van der Waals surface area contributed by atoms with Crippen LogP contribution in [0.1, 0.15) is 104 Å². The van der Waals surface area contributed by atoms with Crippen LogP contribution in [0.2, 0.25) is 0 Å². The molecule has 2 amide bonds. The molecule has 11 N–H and O–H groups in total. The number of aromatic nitrogens is 2. The second-order valence-electron chi connectivity index (χ2n) is 15.6. The maximum absolute atomic E-state index is 13.1. The van der Waals surface area contributed by atoms with Crippen LogP contribution in [0, 0.1) is 0 Å². The lowest BCUT2D eigenvalue weighted by Crippen LogP contribution is -2.68. The van der Waals surface area contributed by atoms with E-state index in [4.69, 9.17) is 18.9 Å². The van der Waals surface area contributed by atoms with E-state index in [9.17, 15) is 60.0 Å². The molecule has 0 aliphatic carbocycles. The molecule has 4 heterocycles. The molecular weight excluding hydrogens is 780 g/mol. The molecule has 59 heavy (non-hydrogen) atoms. The quantitative estimate of drug-likeness (QED) is 0.0447. The highest BCUT2D eigenvalue weighted by Crippen LogP contribution is 2.34. The van der Waals surface area contributed by atoms with Crippen LogP contribution in [0.4, 0.5) is 0 Å². The smallest absolute Gasteiger partial charge is 0.330 e. The molecule has 0 spiro atoms. The first-order valence-electron chi connectivity index (χ1n) is 20.7. The summed E-state index contributed by atoms with van der Waals surface area (Å²) in [6, 6.07) is -2.01. The van der Waals surface area contributed by atoms with Gasteiger partial charge in [0.05, 0.1) is 18.8 Å². The Kier molecular flexibility index (Phi) is 19.6. The molecule has 336 valence electrons. The number of hydrogen-bond acceptors (Lipinski definition) is 16. The number of aliphatic hydroxyl groups is 8. The summed E-state index contributed by atoms with van der Waals surface area (Å²) in [5, 5.41) is 91.4. The first-order valence-corrected chi connectivity index (χ1v) is 20.7. The Labute approximate surface area is 342 Å². The third-order valence-electron chi connectivity index (χ3n) is 11.0. The number of carbonyl (C=O) groups is 2. The predicted octanol–water partition coefficient (Wildman–Crippen LogP) is -1.94. The van der Waals surface area contributed by atoms with Crippen molar-refractivity contribution in [1.29, 1.82) is 0 Å². The Morgan fingerprint density at radius 3 is 1.93 bits per heavy atom. The van der Waals surface area contributed by atoms with Crippen molar-refractivity contribution < 1.29 is 69.4 Å². The molecule has 3 fully saturated rings. The van der Waals surface area contributed by atoms with Gasteiger partial charge in [0.25, 0.3) is 5.56 Å². The van der Waals surface area contributed by atoms with Crippen molar-refractivity contribution in [2.45, 2.75) is 189 Å². The van der Waals surface area contributed by atoms with E-state index in [1.807, 2.05) is 4.98 Å². The third-order valence-corrected chi connectivity index (χ3v) is 11.0. The Morgan fingerprint density at radius 1 is 0.797 bits per heavy atom. The van der Waals surface area contributed by atoms with Gasteiger partial charge in [-0.2, -0.15) is 0 Å². The zero-order valence-corrected chi connectivity index (χ0v) is 33.7. The number of carbonyl (C=O) groups excluding carboxylic acids is 2. The Hall–Kier alpha value is -3.12. The molecule has 3 saturated heterocycles. The molecular formula is C39H64N4O16. The maximum atomic E-state index is 13.1. The molecule has 15 atom stereocenters. The van der Waals surface area contributed by atoms with Crippen molar-refractivity contribution in [3.05, 3.63) is 45.3 Å². The van der Waals surface area contributed by atoms with Gasteiger partial charge in [-0.3, -0.25) is 23.9 Å². The molecule has 0 unspecified atom stereocenters. The largest absolute Gasteiger partial charge is 0.394 e. The first-order chi connectivity index (χ1) is 28.2. The van der Waals surface area contributed by atoms with Crippen molar-refractivity contribution in [2.75, 3.05) is 6.61 Å². The highest BCUT2D eigenvalue weighted by molar-refractivity contribution is 5.87. The number of nitrogens with one attached hydrogen (secondary N) is 3. The normalized spacial score (nSPS) is 34.2. The zero-order valence-electron chi connectivity index (χ0n) is 33.7. The van der Waals surface area contributed by atoms with E-state index in [1.54, 1.807) is 6.08 Å². The Balaban J connectivity index is 1.44. The van der Waals surface area contributed by atoms with Gasteiger partial charge in [0.2, 0.25) is 11.8 Å². The van der Waals surface area contributed by atoms with Crippen LogP contribution in [0.15, 0.2) is 34.0 Å². The highest BCUT2D eigenvalue weighted by Gasteiger charge is 2.53. The summed E-state index contributed by atoms with van der Waals surface area (Å²) < 4.78 is 24.1. The number of ether oxygens (including phenoxy) is 4. The summed E-state index contributed by atoms with van der Waals surface area (Å²) in [4.78, 5) is 51.1. The fourth-order valence-corrected chi connectivity index (χ4v) is 7.68. The van der Waals surface area contributed by atoms with Crippen LogP contribution in [0.25, 0.3) is 0 Å². The standard InChI is InChI=1S/C39H64N4O16/c1-3-4-5-6-7-8-9-10-11-12-13-14-15-16-25(47)41-28-32(52)29(49)23(56-38(28)59-37-27(40-21(2)45)31(51)30(50)24(20-44)57-37)19-22(46)35-33(53)34(54)36(58-35)43-18-17-26(48)42-39(43)55/h15-18,22-24,27-38,44,46,49-54H,3-14,19-20H2,1-2H3,(H,40,45)(H,41,47)(H,42,48,55)/b16-15+/t22-,23+,24+,27-,28-,29-,30-,31+,32+,33-,34+,35-,36-,37-,38-/m0/s1. The Morgan fingerprint density at radius 2 is 1.36 bits per heavy atom. The summed E-state index contributed by atoms with van der Waals surface area (Å²) in [5.41, 5.74) is -1.68. The summed E-state index contributed by atoms with van der Waals surface area (Å²) in [5.74, 6) is -1.35. The molecule has 4 rings (SSSR count). The lowest BCUT2D eigenvalue weighted by atomic mass is 9.91. The maximum Gasteiger partial charge on any atom is 0.330 e. The average molecular weight is 845 g/mol. The van der Waals surface area contributed by atoms with Gasteiger partial charge in [0, 0.05) is 25.6 Å². The van der Waals surface area contributed by atoms with Gasteiger partial charge in [-0.25, -0.2) is 4.79 Å². The van der Waals surface area contributed by atoms with Crippen molar-refractivity contribution in [3.8, 4) is 0 Å². The minimum Gasteiger partial charge on any atom is -0.394 e. The molecule has 1 aromatic heterocycles. The van der Waals surface area contributed by atoms with E-state index in [1.165, 1.54) is 51.0 Å². The molecule has 3 aliphatic rings. The van der Waals surface area contributed by atoms with Crippen molar-refractivity contribution in [3.63, 3.8) is 0 Å². The number of H-pyrrole nitrogens is 1. The van der Waals surface area contributed by atoms with E-state index in [0.717, 1.165) is 49.4 Å². The highest BCUT2D eigenvalue weighted by atomic mass is 16.8. The summed E-state index contributed by atoms with van der Waals surface area (Å²) in [6.45, 7) is 2.55. The predicted molar refractivity (Wildman–Crippen MR) is 207 cm³/mol. The van der Waals surface area contributed by atoms with Crippen LogP contribution in [-0.2, 0) is 28.5 Å². The third kappa shape index (κ3) is 13.4. The number of nitrogens with zero attached hydrogens (tertiary/aromatic N) is 1. The van der Waals surface area contributed by atoms with Gasteiger partial charge in [0.1, 0.15) is 60.9 Å². The van der Waals surface area contributed by atoms with Crippen LogP contribution in [-0.4, -0.2) is 155 Å². The van der Waals surface area contributed by atoms with Gasteiger partial charge in [0.15, 0.2) is 18.8 Å². The second kappa shape index (κ2) is 23.8. The van der Waals surface area contributed by atoms with Gasteiger partial charge in [-0.05, 0) is 18.9 Å². The fraction of sp³-hybridized carbons (Fsp3) is 0.795. The number of hydrogen-bond donors (Lipinski definition) is 11. The topological polar surface area (TPSA) is 312 Å². The lowest BCUT2D eigenvalue weighted by Gasteiger charge is -2.47. The van der Waals surface area contributed by atoms with E-state index in [0.29, 0.717) is 6.42 Å². The number of aliphatic hydroxyl groups excluding tert-OH is 8. The molecule has 0 saturated carbocycles.